The van der Waals surface area contributed by atoms with E-state index in [1.54, 1.807) is 0 Å². The number of hydrogen-bond donors (Lipinski definition) is 0. The number of halogens is 1. The molecule has 1 aromatic heterocycles. The van der Waals surface area contributed by atoms with Crippen molar-refractivity contribution in [1.29, 1.82) is 0 Å². The van der Waals surface area contributed by atoms with Crippen LogP contribution in [0.5, 0.6) is 0 Å². The van der Waals surface area contributed by atoms with Crippen molar-refractivity contribution in [1.82, 2.24) is 14.4 Å². The molecule has 4 rings (SSSR count). The van der Waals surface area contributed by atoms with Gasteiger partial charge in [0.05, 0.1) is 13.0 Å². The smallest absolute Gasteiger partial charge is 0.227 e. The molecule has 32 heavy (non-hydrogen) atoms. The topological polar surface area (TPSA) is 45.6 Å². The summed E-state index contributed by atoms with van der Waals surface area (Å²) in [4.78, 5) is 29.7. The predicted octanol–water partition coefficient (Wildman–Crippen LogP) is 4.32. The minimum Gasteiger partial charge on any atom is -0.340 e. The molecule has 5 nitrogen and oxygen atoms in total. The summed E-state index contributed by atoms with van der Waals surface area (Å²) in [6.07, 6.45) is 0.377. The molecule has 3 aromatic rings. The molecule has 0 spiro atoms. The van der Waals surface area contributed by atoms with Gasteiger partial charge in [-0.2, -0.15) is 0 Å². The Bertz CT molecular complexity index is 1100. The van der Waals surface area contributed by atoms with Crippen LogP contribution in [0, 0.1) is 13.8 Å². The van der Waals surface area contributed by atoms with Gasteiger partial charge in [-0.1, -0.05) is 41.9 Å². The van der Waals surface area contributed by atoms with Crippen LogP contribution in [0.15, 0.2) is 60.7 Å². The number of carbonyl (C=O) groups excluding carboxylic acids is 2. The summed E-state index contributed by atoms with van der Waals surface area (Å²) in [5, 5.41) is 0.670. The molecule has 6 heteroatoms. The monoisotopic (exact) mass is 449 g/mol. The van der Waals surface area contributed by atoms with Crippen LogP contribution in [0.25, 0.3) is 5.69 Å². The molecular formula is C26H28ClN3O2. The Labute approximate surface area is 194 Å². The molecule has 0 unspecified atom stereocenters. The first-order chi connectivity index (χ1) is 15.4. The first-order valence-corrected chi connectivity index (χ1v) is 11.3. The van der Waals surface area contributed by atoms with Gasteiger partial charge < -0.3 is 9.47 Å². The lowest BCUT2D eigenvalue weighted by molar-refractivity contribution is -0.132. The highest BCUT2D eigenvalue weighted by atomic mass is 35.5. The van der Waals surface area contributed by atoms with Gasteiger partial charge in [-0.3, -0.25) is 14.5 Å². The Morgan fingerprint density at radius 2 is 1.56 bits per heavy atom. The second-order valence-corrected chi connectivity index (χ2v) is 8.78. The minimum absolute atomic E-state index is 0.115. The molecule has 0 radical (unpaired) electrons. The molecule has 0 N–H and O–H groups in total. The quantitative estimate of drug-likeness (QED) is 0.526. The molecular weight excluding hydrogens is 422 g/mol. The highest BCUT2D eigenvalue weighted by Gasteiger charge is 2.24. The van der Waals surface area contributed by atoms with Crippen LogP contribution in [0.2, 0.25) is 5.02 Å². The van der Waals surface area contributed by atoms with Gasteiger partial charge in [0.15, 0.2) is 5.78 Å². The summed E-state index contributed by atoms with van der Waals surface area (Å²) in [6, 6.07) is 19.5. The number of aromatic nitrogens is 1. The molecule has 166 valence electrons. The Morgan fingerprint density at radius 1 is 0.906 bits per heavy atom. The molecule has 1 amide bonds. The number of aryl methyl sites for hydroxylation is 1. The number of nitrogens with zero attached hydrogens (tertiary/aromatic N) is 3. The number of rotatable bonds is 6. The minimum atomic E-state index is 0.115. The highest BCUT2D eigenvalue weighted by Crippen LogP contribution is 2.21. The number of carbonyl (C=O) groups is 2. The standard InChI is InChI=1S/C26H28ClN3O2/c1-19-16-24(20(2)30(19)23-6-4-3-5-7-23)25(31)18-28-12-14-29(15-13-28)26(32)17-21-8-10-22(27)11-9-21/h3-11,16H,12-15,17-18H2,1-2H3. The molecule has 0 atom stereocenters. The molecule has 0 saturated carbocycles. The first kappa shape index (κ1) is 22.3. The van der Waals surface area contributed by atoms with E-state index in [1.165, 1.54) is 0 Å². The average Bonchev–Trinajstić information content (AvgIpc) is 3.10. The molecule has 2 heterocycles. The van der Waals surface area contributed by atoms with E-state index in [9.17, 15) is 9.59 Å². The SMILES string of the molecule is Cc1cc(C(=O)CN2CCN(C(=O)Cc3ccc(Cl)cc3)CC2)c(C)n1-c1ccccc1. The van der Waals surface area contributed by atoms with Crippen molar-refractivity contribution in [3.8, 4) is 5.69 Å². The van der Waals surface area contributed by atoms with Gasteiger partial charge in [-0.25, -0.2) is 0 Å². The molecule has 1 aliphatic rings. The number of benzene rings is 2. The maximum Gasteiger partial charge on any atom is 0.227 e. The van der Waals surface area contributed by atoms with E-state index in [1.807, 2.05) is 67.3 Å². The van der Waals surface area contributed by atoms with Crippen molar-refractivity contribution >= 4 is 23.3 Å². The van der Waals surface area contributed by atoms with Gasteiger partial charge in [0.25, 0.3) is 0 Å². The second kappa shape index (κ2) is 9.72. The summed E-state index contributed by atoms with van der Waals surface area (Å²) in [7, 11) is 0. The Balaban J connectivity index is 1.34. The number of para-hydroxylation sites is 1. The van der Waals surface area contributed by atoms with Gasteiger partial charge in [0.1, 0.15) is 0 Å². The summed E-state index contributed by atoms with van der Waals surface area (Å²) < 4.78 is 2.13. The van der Waals surface area contributed by atoms with Crippen molar-refractivity contribution in [2.45, 2.75) is 20.3 Å². The zero-order valence-electron chi connectivity index (χ0n) is 18.6. The molecule has 0 aliphatic carbocycles. The third-order valence-corrected chi connectivity index (χ3v) is 6.36. The van der Waals surface area contributed by atoms with Crippen molar-refractivity contribution in [2.75, 3.05) is 32.7 Å². The first-order valence-electron chi connectivity index (χ1n) is 10.9. The number of piperazine rings is 1. The summed E-state index contributed by atoms with van der Waals surface area (Å²) in [5.74, 6) is 0.242. The van der Waals surface area contributed by atoms with Crippen molar-refractivity contribution in [3.05, 3.63) is 88.2 Å². The Hall–Kier alpha value is -2.89. The van der Waals surface area contributed by atoms with Gasteiger partial charge in [-0.05, 0) is 49.7 Å². The van der Waals surface area contributed by atoms with Crippen LogP contribution in [-0.2, 0) is 11.2 Å². The van der Waals surface area contributed by atoms with E-state index in [-0.39, 0.29) is 11.7 Å². The van der Waals surface area contributed by atoms with Crippen LogP contribution in [0.1, 0.15) is 27.3 Å². The Morgan fingerprint density at radius 3 is 2.22 bits per heavy atom. The van der Waals surface area contributed by atoms with E-state index < -0.39 is 0 Å². The molecule has 0 bridgehead atoms. The van der Waals surface area contributed by atoms with Gasteiger partial charge in [-0.15, -0.1) is 0 Å². The lowest BCUT2D eigenvalue weighted by Crippen LogP contribution is -2.50. The van der Waals surface area contributed by atoms with Crippen LogP contribution in [0.4, 0.5) is 0 Å². The fourth-order valence-electron chi connectivity index (χ4n) is 4.35. The largest absolute Gasteiger partial charge is 0.340 e. The van der Waals surface area contributed by atoms with Gasteiger partial charge >= 0.3 is 0 Å². The molecule has 1 aliphatic heterocycles. The van der Waals surface area contributed by atoms with Crippen molar-refractivity contribution < 1.29 is 9.59 Å². The normalized spacial score (nSPS) is 14.5. The zero-order chi connectivity index (χ0) is 22.7. The molecule has 2 aromatic carbocycles. The van der Waals surface area contributed by atoms with Crippen LogP contribution in [0.3, 0.4) is 0 Å². The van der Waals surface area contributed by atoms with E-state index in [0.29, 0.717) is 44.2 Å². The third kappa shape index (κ3) is 4.95. The fourth-order valence-corrected chi connectivity index (χ4v) is 4.48. The van der Waals surface area contributed by atoms with Crippen LogP contribution >= 0.6 is 11.6 Å². The summed E-state index contributed by atoms with van der Waals surface area (Å²) in [6.45, 7) is 7.09. The van der Waals surface area contributed by atoms with Crippen LogP contribution < -0.4 is 0 Å². The average molecular weight is 450 g/mol. The predicted molar refractivity (Wildman–Crippen MR) is 128 cm³/mol. The van der Waals surface area contributed by atoms with Crippen molar-refractivity contribution in [3.63, 3.8) is 0 Å². The Kier molecular flexibility index (Phi) is 6.77. The number of ketones is 1. The van der Waals surface area contributed by atoms with E-state index in [0.717, 1.165) is 28.2 Å². The van der Waals surface area contributed by atoms with Gasteiger partial charge in [0.2, 0.25) is 5.91 Å². The van der Waals surface area contributed by atoms with E-state index in [2.05, 4.69) is 21.6 Å². The maximum atomic E-state index is 13.1. The van der Waals surface area contributed by atoms with Crippen LogP contribution in [-0.4, -0.2) is 58.8 Å². The second-order valence-electron chi connectivity index (χ2n) is 8.34. The fraction of sp³-hybridized carbons (Fsp3) is 0.308. The molecule has 1 saturated heterocycles. The van der Waals surface area contributed by atoms with Crippen molar-refractivity contribution in [2.24, 2.45) is 0 Å². The third-order valence-electron chi connectivity index (χ3n) is 6.11. The summed E-state index contributed by atoms with van der Waals surface area (Å²) in [5.41, 5.74) is 4.82. The number of amides is 1. The van der Waals surface area contributed by atoms with Gasteiger partial charge in [0, 0.05) is 53.8 Å². The highest BCUT2D eigenvalue weighted by molar-refractivity contribution is 6.30. The zero-order valence-corrected chi connectivity index (χ0v) is 19.3. The lowest BCUT2D eigenvalue weighted by Gasteiger charge is -2.34. The molecule has 1 fully saturated rings. The summed E-state index contributed by atoms with van der Waals surface area (Å²) >= 11 is 5.92. The van der Waals surface area contributed by atoms with E-state index in [4.69, 9.17) is 11.6 Å². The number of hydrogen-bond acceptors (Lipinski definition) is 3. The van der Waals surface area contributed by atoms with E-state index >= 15 is 0 Å². The maximum absolute atomic E-state index is 13.1. The number of Topliss-reactive ketones (excluding diaryl/α,β-unsaturated/α-hetero) is 1. The lowest BCUT2D eigenvalue weighted by atomic mass is 10.1.